The SMILES string of the molecule is CN1Cc2ccccc2N(Cc2ccc(NS(=O)(=O)C(F)(F)F)cc2)C1=O. The first-order valence-electron chi connectivity index (χ1n) is 7.87. The highest BCUT2D eigenvalue weighted by molar-refractivity contribution is 7.93. The van der Waals surface area contributed by atoms with Gasteiger partial charge in [-0.05, 0) is 29.3 Å². The molecular weight excluding hydrogens is 383 g/mol. The predicted octanol–water partition coefficient (Wildman–Crippen LogP) is 3.52. The van der Waals surface area contributed by atoms with Gasteiger partial charge in [-0.15, -0.1) is 0 Å². The Bertz CT molecular complexity index is 959. The molecule has 0 bridgehead atoms. The van der Waals surface area contributed by atoms with E-state index >= 15 is 0 Å². The van der Waals surface area contributed by atoms with Gasteiger partial charge in [0.25, 0.3) is 0 Å². The highest BCUT2D eigenvalue weighted by Gasteiger charge is 2.46. The van der Waals surface area contributed by atoms with Crippen molar-refractivity contribution in [1.82, 2.24) is 4.90 Å². The molecule has 2 aromatic carbocycles. The number of halogens is 3. The van der Waals surface area contributed by atoms with Crippen LogP contribution < -0.4 is 9.62 Å². The standard InChI is InChI=1S/C17H16F3N3O3S/c1-22-11-13-4-2-3-5-15(13)23(16(22)24)10-12-6-8-14(9-7-12)21-27(25,26)17(18,19)20/h2-9,21H,10-11H2,1H3. The molecule has 0 saturated heterocycles. The molecule has 0 aliphatic carbocycles. The van der Waals surface area contributed by atoms with E-state index in [1.807, 2.05) is 24.3 Å². The number of fused-ring (bicyclic) bond motifs is 1. The van der Waals surface area contributed by atoms with Crippen LogP contribution in [-0.4, -0.2) is 31.9 Å². The molecule has 1 N–H and O–H groups in total. The van der Waals surface area contributed by atoms with Crippen molar-refractivity contribution in [3.63, 3.8) is 0 Å². The maximum Gasteiger partial charge on any atom is 0.516 e. The van der Waals surface area contributed by atoms with Crippen molar-refractivity contribution < 1.29 is 26.4 Å². The van der Waals surface area contributed by atoms with Crippen LogP contribution in [0.25, 0.3) is 0 Å². The Morgan fingerprint density at radius 1 is 1.07 bits per heavy atom. The summed E-state index contributed by atoms with van der Waals surface area (Å²) in [5.41, 5.74) is -3.21. The summed E-state index contributed by atoms with van der Waals surface area (Å²) in [5.74, 6) is 0. The number of benzene rings is 2. The molecule has 2 amide bonds. The van der Waals surface area contributed by atoms with Gasteiger partial charge in [0.15, 0.2) is 0 Å². The van der Waals surface area contributed by atoms with Crippen LogP contribution >= 0.6 is 0 Å². The molecule has 1 aliphatic rings. The molecule has 0 unspecified atom stereocenters. The van der Waals surface area contributed by atoms with E-state index in [9.17, 15) is 26.4 Å². The number of nitrogens with zero attached hydrogens (tertiary/aromatic N) is 2. The van der Waals surface area contributed by atoms with Crippen molar-refractivity contribution in [2.45, 2.75) is 18.6 Å². The molecule has 0 spiro atoms. The van der Waals surface area contributed by atoms with E-state index in [1.54, 1.807) is 16.8 Å². The van der Waals surface area contributed by atoms with Gasteiger partial charge < -0.3 is 4.90 Å². The minimum atomic E-state index is -5.47. The fraction of sp³-hybridized carbons (Fsp3) is 0.235. The third kappa shape index (κ3) is 3.85. The first-order chi connectivity index (χ1) is 12.6. The Morgan fingerprint density at radius 2 is 1.70 bits per heavy atom. The molecule has 0 atom stereocenters. The molecule has 0 fully saturated rings. The smallest absolute Gasteiger partial charge is 0.323 e. The minimum absolute atomic E-state index is 0.199. The summed E-state index contributed by atoms with van der Waals surface area (Å²) in [7, 11) is -3.79. The molecule has 10 heteroatoms. The summed E-state index contributed by atoms with van der Waals surface area (Å²) in [4.78, 5) is 15.6. The molecule has 2 aromatic rings. The Labute approximate surface area is 154 Å². The lowest BCUT2D eigenvalue weighted by molar-refractivity contribution is -0.0429. The molecular formula is C17H16F3N3O3S. The number of rotatable bonds is 4. The Balaban J connectivity index is 1.80. The Kier molecular flexibility index (Phi) is 4.77. The van der Waals surface area contributed by atoms with Gasteiger partial charge in [-0.1, -0.05) is 30.3 Å². The van der Waals surface area contributed by atoms with E-state index in [4.69, 9.17) is 0 Å². The summed E-state index contributed by atoms with van der Waals surface area (Å²) in [6.45, 7) is 0.691. The molecule has 3 rings (SSSR count). The molecule has 1 heterocycles. The number of carbonyl (C=O) groups is 1. The van der Waals surface area contributed by atoms with E-state index in [1.165, 1.54) is 29.0 Å². The van der Waals surface area contributed by atoms with Crippen LogP contribution in [0.3, 0.4) is 0 Å². The maximum atomic E-state index is 12.5. The number of sulfonamides is 1. The molecule has 144 valence electrons. The van der Waals surface area contributed by atoms with E-state index in [-0.39, 0.29) is 18.3 Å². The fourth-order valence-electron chi connectivity index (χ4n) is 2.77. The van der Waals surface area contributed by atoms with Gasteiger partial charge in [0, 0.05) is 19.3 Å². The maximum absolute atomic E-state index is 12.5. The number of nitrogens with one attached hydrogen (secondary N) is 1. The second-order valence-electron chi connectivity index (χ2n) is 6.10. The zero-order chi connectivity index (χ0) is 19.8. The minimum Gasteiger partial charge on any atom is -0.323 e. The largest absolute Gasteiger partial charge is 0.516 e. The number of alkyl halides is 3. The monoisotopic (exact) mass is 399 g/mol. The third-order valence-electron chi connectivity index (χ3n) is 4.10. The van der Waals surface area contributed by atoms with Gasteiger partial charge in [-0.2, -0.15) is 21.6 Å². The van der Waals surface area contributed by atoms with Crippen LogP contribution in [0.5, 0.6) is 0 Å². The second-order valence-corrected chi connectivity index (χ2v) is 7.78. The second kappa shape index (κ2) is 6.76. The molecule has 6 nitrogen and oxygen atoms in total. The average molecular weight is 399 g/mol. The highest BCUT2D eigenvalue weighted by atomic mass is 32.2. The van der Waals surface area contributed by atoms with Crippen molar-refractivity contribution in [2.24, 2.45) is 0 Å². The quantitative estimate of drug-likeness (QED) is 0.855. The summed E-state index contributed by atoms with van der Waals surface area (Å²) >= 11 is 0. The van der Waals surface area contributed by atoms with Crippen LogP contribution in [0.2, 0.25) is 0 Å². The number of urea groups is 1. The van der Waals surface area contributed by atoms with Gasteiger partial charge in [-0.3, -0.25) is 9.62 Å². The van der Waals surface area contributed by atoms with Crippen molar-refractivity contribution in [3.8, 4) is 0 Å². The normalized spacial score (nSPS) is 14.9. The molecule has 27 heavy (non-hydrogen) atoms. The first-order valence-corrected chi connectivity index (χ1v) is 9.35. The van der Waals surface area contributed by atoms with E-state index < -0.39 is 15.5 Å². The lowest BCUT2D eigenvalue weighted by atomic mass is 10.1. The fourth-order valence-corrected chi connectivity index (χ4v) is 3.33. The van der Waals surface area contributed by atoms with Gasteiger partial charge in [-0.25, -0.2) is 4.79 Å². The van der Waals surface area contributed by atoms with Gasteiger partial charge in [0.05, 0.1) is 12.2 Å². The molecule has 1 aliphatic heterocycles. The molecule has 0 radical (unpaired) electrons. The van der Waals surface area contributed by atoms with Crippen LogP contribution in [0.4, 0.5) is 29.3 Å². The zero-order valence-electron chi connectivity index (χ0n) is 14.2. The highest BCUT2D eigenvalue weighted by Crippen LogP contribution is 2.30. The predicted molar refractivity (Wildman–Crippen MR) is 94.5 cm³/mol. The van der Waals surface area contributed by atoms with Crippen LogP contribution in [0.1, 0.15) is 11.1 Å². The summed E-state index contributed by atoms with van der Waals surface area (Å²) in [6.07, 6.45) is 0. The van der Waals surface area contributed by atoms with E-state index in [0.717, 1.165) is 11.3 Å². The van der Waals surface area contributed by atoms with Crippen LogP contribution in [-0.2, 0) is 23.1 Å². The van der Waals surface area contributed by atoms with Crippen LogP contribution in [0.15, 0.2) is 48.5 Å². The number of hydrogen-bond donors (Lipinski definition) is 1. The summed E-state index contributed by atoms with van der Waals surface area (Å²) in [6, 6.07) is 12.6. The third-order valence-corrected chi connectivity index (χ3v) is 5.21. The lowest BCUT2D eigenvalue weighted by Gasteiger charge is -2.35. The van der Waals surface area contributed by atoms with Crippen molar-refractivity contribution >= 4 is 27.4 Å². The van der Waals surface area contributed by atoms with Gasteiger partial charge in [0.1, 0.15) is 0 Å². The van der Waals surface area contributed by atoms with Crippen molar-refractivity contribution in [3.05, 3.63) is 59.7 Å². The molecule has 0 aromatic heterocycles. The number of amides is 2. The number of carbonyl (C=O) groups excluding carboxylic acids is 1. The van der Waals surface area contributed by atoms with Gasteiger partial charge >= 0.3 is 21.6 Å². The molecule has 0 saturated carbocycles. The Morgan fingerprint density at radius 3 is 2.33 bits per heavy atom. The lowest BCUT2D eigenvalue weighted by Crippen LogP contribution is -2.44. The topological polar surface area (TPSA) is 69.7 Å². The summed E-state index contributed by atoms with van der Waals surface area (Å²) < 4.78 is 61.1. The van der Waals surface area contributed by atoms with E-state index in [2.05, 4.69) is 0 Å². The van der Waals surface area contributed by atoms with E-state index in [0.29, 0.717) is 12.1 Å². The zero-order valence-corrected chi connectivity index (χ0v) is 15.0. The number of para-hydroxylation sites is 1. The number of hydrogen-bond acceptors (Lipinski definition) is 3. The number of anilines is 2. The van der Waals surface area contributed by atoms with Crippen molar-refractivity contribution in [1.29, 1.82) is 0 Å². The first kappa shape index (κ1) is 19.0. The average Bonchev–Trinajstić information content (AvgIpc) is 2.59. The summed E-state index contributed by atoms with van der Waals surface area (Å²) in [5, 5.41) is 0. The Hall–Kier alpha value is -2.75. The van der Waals surface area contributed by atoms with Crippen LogP contribution in [0, 0.1) is 0 Å². The van der Waals surface area contributed by atoms with Gasteiger partial charge in [0.2, 0.25) is 0 Å². The van der Waals surface area contributed by atoms with Crippen molar-refractivity contribution in [2.75, 3.05) is 16.7 Å².